The molecule has 7 heteroatoms. The molecule has 1 heterocycles. The predicted molar refractivity (Wildman–Crippen MR) is 74.5 cm³/mol. The van der Waals surface area contributed by atoms with Gasteiger partial charge in [0, 0.05) is 12.8 Å². The van der Waals surface area contributed by atoms with Crippen LogP contribution in [0.2, 0.25) is 0 Å². The van der Waals surface area contributed by atoms with Crippen LogP contribution < -0.4 is 5.32 Å². The molecule has 0 unspecified atom stereocenters. The number of nitriles is 1. The molecule has 1 N–H and O–H groups in total. The molecule has 1 amide bonds. The van der Waals surface area contributed by atoms with Crippen molar-refractivity contribution in [2.75, 3.05) is 12.4 Å². The van der Waals surface area contributed by atoms with Crippen molar-refractivity contribution in [2.45, 2.75) is 17.7 Å². The van der Waals surface area contributed by atoms with Gasteiger partial charge in [0.25, 0.3) is 0 Å². The van der Waals surface area contributed by atoms with Crippen molar-refractivity contribution >= 4 is 15.7 Å². The highest BCUT2D eigenvalue weighted by molar-refractivity contribution is 7.91. The molecule has 1 aliphatic rings. The van der Waals surface area contributed by atoms with E-state index >= 15 is 0 Å². The van der Waals surface area contributed by atoms with E-state index in [2.05, 4.69) is 5.32 Å². The number of hydrogen-bond donors (Lipinski definition) is 1. The molecule has 110 valence electrons. The first kappa shape index (κ1) is 15.1. The van der Waals surface area contributed by atoms with Crippen LogP contribution in [0, 0.1) is 11.3 Å². The lowest BCUT2D eigenvalue weighted by atomic mass is 10.2. The Labute approximate surface area is 122 Å². The highest BCUT2D eigenvalue weighted by Crippen LogP contribution is 2.16. The minimum Gasteiger partial charge on any atom is -0.478 e. The van der Waals surface area contributed by atoms with Gasteiger partial charge in [-0.05, 0) is 12.1 Å². The van der Waals surface area contributed by atoms with Crippen LogP contribution in [0.25, 0.3) is 0 Å². The van der Waals surface area contributed by atoms with Crippen molar-refractivity contribution in [3.63, 3.8) is 0 Å². The quantitative estimate of drug-likeness (QED) is 0.879. The Morgan fingerprint density at radius 1 is 1.33 bits per heavy atom. The number of amides is 1. The zero-order valence-corrected chi connectivity index (χ0v) is 12.0. The number of carbonyl (C=O) groups excluding carboxylic acids is 1. The van der Waals surface area contributed by atoms with E-state index in [0.29, 0.717) is 18.6 Å². The monoisotopic (exact) mass is 306 g/mol. The van der Waals surface area contributed by atoms with E-state index in [4.69, 9.17) is 10.00 Å². The van der Waals surface area contributed by atoms with Crippen LogP contribution in [0.3, 0.4) is 0 Å². The molecule has 0 saturated heterocycles. The Morgan fingerprint density at radius 3 is 2.71 bits per heavy atom. The van der Waals surface area contributed by atoms with Crippen molar-refractivity contribution in [3.8, 4) is 6.07 Å². The van der Waals surface area contributed by atoms with Crippen molar-refractivity contribution in [2.24, 2.45) is 0 Å². The highest BCUT2D eigenvalue weighted by atomic mass is 32.2. The van der Waals surface area contributed by atoms with Gasteiger partial charge in [0.05, 0.1) is 22.8 Å². The summed E-state index contributed by atoms with van der Waals surface area (Å²) in [6.07, 6.45) is 0.261. The Kier molecular flexibility index (Phi) is 4.60. The first-order valence-corrected chi connectivity index (χ1v) is 8.02. The largest absolute Gasteiger partial charge is 0.478 e. The average molecular weight is 306 g/mol. The van der Waals surface area contributed by atoms with Crippen LogP contribution in [0.15, 0.2) is 46.7 Å². The number of carbonyl (C=O) groups is 1. The molecule has 0 atom stereocenters. The second kappa shape index (κ2) is 6.41. The van der Waals surface area contributed by atoms with E-state index in [1.165, 1.54) is 12.1 Å². The lowest BCUT2D eigenvalue weighted by molar-refractivity contribution is -0.120. The molecule has 2 rings (SSSR count). The summed E-state index contributed by atoms with van der Waals surface area (Å²) in [5, 5.41) is 11.3. The topological polar surface area (TPSA) is 96.3 Å². The predicted octanol–water partition coefficient (Wildman–Crippen LogP) is 1.12. The number of sulfone groups is 1. The summed E-state index contributed by atoms with van der Waals surface area (Å²) in [6.45, 7) is 0.348. The maximum absolute atomic E-state index is 12.0. The van der Waals surface area contributed by atoms with Crippen LogP contribution in [0.5, 0.6) is 0 Å². The minimum absolute atomic E-state index is 0.139. The van der Waals surface area contributed by atoms with Gasteiger partial charge in [-0.25, -0.2) is 8.42 Å². The zero-order valence-electron chi connectivity index (χ0n) is 11.2. The van der Waals surface area contributed by atoms with Gasteiger partial charge in [-0.3, -0.25) is 10.1 Å². The molecular formula is C14H14N2O4S. The second-order valence-electron chi connectivity index (χ2n) is 4.45. The zero-order chi connectivity index (χ0) is 15.3. The van der Waals surface area contributed by atoms with Crippen LogP contribution >= 0.6 is 0 Å². The van der Waals surface area contributed by atoms with Crippen molar-refractivity contribution in [3.05, 3.63) is 41.8 Å². The third-order valence-electron chi connectivity index (χ3n) is 2.96. The Balaban J connectivity index is 1.95. The standard InChI is InChI=1S/C14H14N2O4S/c15-10-11-6-8-20-14(11)16-13(17)7-9-21(18,19)12-4-2-1-3-5-12/h1-5H,6-9H2,(H,16,17). The normalized spacial score (nSPS) is 14.4. The first-order valence-electron chi connectivity index (χ1n) is 6.36. The molecule has 1 aliphatic heterocycles. The number of nitrogens with zero attached hydrogens (tertiary/aromatic N) is 1. The number of rotatable bonds is 5. The average Bonchev–Trinajstić information content (AvgIpc) is 2.93. The Bertz CT molecular complexity index is 702. The summed E-state index contributed by atoms with van der Waals surface area (Å²) in [5.41, 5.74) is 0.370. The fourth-order valence-corrected chi connectivity index (χ4v) is 3.10. The van der Waals surface area contributed by atoms with Crippen molar-refractivity contribution in [1.29, 1.82) is 5.26 Å². The molecule has 0 fully saturated rings. The van der Waals surface area contributed by atoms with Gasteiger partial charge in [-0.1, -0.05) is 18.2 Å². The molecule has 1 aromatic carbocycles. The molecule has 0 aliphatic carbocycles. The first-order chi connectivity index (χ1) is 10.0. The van der Waals surface area contributed by atoms with Gasteiger partial charge >= 0.3 is 0 Å². The highest BCUT2D eigenvalue weighted by Gasteiger charge is 2.20. The van der Waals surface area contributed by atoms with E-state index in [1.807, 2.05) is 6.07 Å². The number of benzene rings is 1. The number of nitrogens with one attached hydrogen (secondary N) is 1. The summed E-state index contributed by atoms with van der Waals surface area (Å²) >= 11 is 0. The molecule has 6 nitrogen and oxygen atoms in total. The summed E-state index contributed by atoms with van der Waals surface area (Å²) in [7, 11) is -3.49. The fraction of sp³-hybridized carbons (Fsp3) is 0.286. The summed E-state index contributed by atoms with van der Waals surface area (Å²) in [5.74, 6) is -0.642. The van der Waals surface area contributed by atoms with E-state index < -0.39 is 15.7 Å². The summed E-state index contributed by atoms with van der Waals surface area (Å²) in [4.78, 5) is 11.9. The molecule has 0 bridgehead atoms. The fourth-order valence-electron chi connectivity index (χ4n) is 1.84. The van der Waals surface area contributed by atoms with Crippen molar-refractivity contribution < 1.29 is 17.9 Å². The SMILES string of the molecule is N#CC1=C(NC(=O)CCS(=O)(=O)c2ccccc2)OCC1. The Morgan fingerprint density at radius 2 is 2.05 bits per heavy atom. The number of hydrogen-bond acceptors (Lipinski definition) is 5. The lowest BCUT2D eigenvalue weighted by Crippen LogP contribution is -2.26. The van der Waals surface area contributed by atoms with Gasteiger partial charge in [-0.2, -0.15) is 5.26 Å². The smallest absolute Gasteiger partial charge is 0.227 e. The maximum atomic E-state index is 12.0. The molecule has 0 saturated carbocycles. The molecule has 21 heavy (non-hydrogen) atoms. The second-order valence-corrected chi connectivity index (χ2v) is 6.56. The molecule has 0 spiro atoms. The molecule has 0 radical (unpaired) electrons. The van der Waals surface area contributed by atoms with E-state index in [9.17, 15) is 13.2 Å². The van der Waals surface area contributed by atoms with Gasteiger partial charge in [0.15, 0.2) is 9.84 Å². The van der Waals surface area contributed by atoms with Crippen LogP contribution in [0.4, 0.5) is 0 Å². The third kappa shape index (κ3) is 3.83. The molecular weight excluding hydrogens is 292 g/mol. The number of ether oxygens (including phenoxy) is 1. The van der Waals surface area contributed by atoms with Gasteiger partial charge < -0.3 is 4.74 Å². The lowest BCUT2D eigenvalue weighted by Gasteiger charge is -2.07. The van der Waals surface area contributed by atoms with E-state index in [1.54, 1.807) is 18.2 Å². The van der Waals surface area contributed by atoms with Crippen molar-refractivity contribution in [1.82, 2.24) is 5.32 Å². The minimum atomic E-state index is -3.49. The maximum Gasteiger partial charge on any atom is 0.227 e. The Hall–Kier alpha value is -2.33. The molecule has 1 aromatic rings. The molecule has 0 aromatic heterocycles. The van der Waals surface area contributed by atoms with Gasteiger partial charge in [0.1, 0.15) is 6.07 Å². The van der Waals surface area contributed by atoms with Gasteiger partial charge in [0.2, 0.25) is 11.8 Å². The van der Waals surface area contributed by atoms with Crippen LogP contribution in [-0.4, -0.2) is 26.7 Å². The van der Waals surface area contributed by atoms with E-state index in [0.717, 1.165) is 0 Å². The third-order valence-corrected chi connectivity index (χ3v) is 4.69. The van der Waals surface area contributed by atoms with Crippen LogP contribution in [-0.2, 0) is 19.4 Å². The summed E-state index contributed by atoms with van der Waals surface area (Å²) in [6, 6.07) is 9.90. The van der Waals surface area contributed by atoms with Gasteiger partial charge in [-0.15, -0.1) is 0 Å². The van der Waals surface area contributed by atoms with Crippen LogP contribution in [0.1, 0.15) is 12.8 Å². The summed E-state index contributed by atoms with van der Waals surface area (Å²) < 4.78 is 29.2. The van der Waals surface area contributed by atoms with E-state index in [-0.39, 0.29) is 23.0 Å².